The number of rotatable bonds is 5. The van der Waals surface area contributed by atoms with Crippen LogP contribution in [0.1, 0.15) is 5.56 Å². The Morgan fingerprint density at radius 2 is 1.89 bits per heavy atom. The molecule has 0 aliphatic rings. The van der Waals surface area contributed by atoms with Gasteiger partial charge in [-0.2, -0.15) is 0 Å². The Balaban J connectivity index is 1.46. The smallest absolute Gasteiger partial charge is 0.277 e. The van der Waals surface area contributed by atoms with Crippen molar-refractivity contribution in [3.05, 3.63) is 77.1 Å². The van der Waals surface area contributed by atoms with Gasteiger partial charge in [0.2, 0.25) is 5.91 Å². The van der Waals surface area contributed by atoms with Crippen molar-refractivity contribution in [3.63, 3.8) is 0 Å². The fourth-order valence-corrected chi connectivity index (χ4v) is 3.37. The molecule has 0 saturated heterocycles. The highest BCUT2D eigenvalue weighted by atomic mass is 32.2. The Kier molecular flexibility index (Phi) is 4.90. The molecule has 0 aliphatic carbocycles. The van der Waals surface area contributed by atoms with Crippen molar-refractivity contribution >= 4 is 28.6 Å². The Hall–Kier alpha value is -3.46. The first kappa shape index (κ1) is 17.9. The van der Waals surface area contributed by atoms with Gasteiger partial charge in [-0.25, -0.2) is 9.66 Å². The molecule has 0 spiro atoms. The molecule has 4 rings (SSSR count). The van der Waals surface area contributed by atoms with Crippen LogP contribution in [-0.4, -0.2) is 36.1 Å². The molecule has 0 aliphatic heterocycles. The van der Waals surface area contributed by atoms with Crippen LogP contribution in [0.3, 0.4) is 0 Å². The van der Waals surface area contributed by atoms with Gasteiger partial charge in [0, 0.05) is 5.69 Å². The number of aromatic nitrogens is 5. The van der Waals surface area contributed by atoms with Gasteiger partial charge >= 0.3 is 0 Å². The molecule has 4 aromatic rings. The van der Waals surface area contributed by atoms with Crippen molar-refractivity contribution in [3.8, 4) is 5.69 Å². The summed E-state index contributed by atoms with van der Waals surface area (Å²) in [6, 6.07) is 14.9. The van der Waals surface area contributed by atoms with E-state index in [1.54, 1.807) is 35.2 Å². The van der Waals surface area contributed by atoms with Crippen molar-refractivity contribution in [2.75, 3.05) is 11.2 Å². The van der Waals surface area contributed by atoms with Crippen LogP contribution < -0.4 is 11.0 Å². The average molecular weight is 392 g/mol. The molecule has 2 heterocycles. The zero-order valence-corrected chi connectivity index (χ0v) is 15.8. The molecule has 2 aromatic heterocycles. The highest BCUT2D eigenvalue weighted by molar-refractivity contribution is 7.99. The number of para-hydroxylation sites is 1. The van der Waals surface area contributed by atoms with Gasteiger partial charge in [-0.1, -0.05) is 41.6 Å². The number of fused-ring (bicyclic) bond motifs is 1. The van der Waals surface area contributed by atoms with Crippen LogP contribution in [-0.2, 0) is 4.79 Å². The van der Waals surface area contributed by atoms with E-state index in [1.165, 1.54) is 18.1 Å². The largest absolute Gasteiger partial charge is 0.280 e. The number of aryl methyl sites for hydroxylation is 1. The van der Waals surface area contributed by atoms with Gasteiger partial charge in [0.25, 0.3) is 5.56 Å². The number of nitrogens with one attached hydrogen (secondary N) is 1. The number of benzene rings is 2. The SMILES string of the molecule is Cc1ccc(-n2cnnc2SCC(=O)Nn2cnc3ccccc3c2=O)cc1. The maximum absolute atomic E-state index is 12.4. The predicted octanol–water partition coefficient (Wildman–Crippen LogP) is 2.15. The summed E-state index contributed by atoms with van der Waals surface area (Å²) in [5.74, 6) is -0.272. The Morgan fingerprint density at radius 1 is 1.11 bits per heavy atom. The lowest BCUT2D eigenvalue weighted by Gasteiger charge is -2.09. The quantitative estimate of drug-likeness (QED) is 0.523. The Morgan fingerprint density at radius 3 is 2.71 bits per heavy atom. The third-order valence-corrected chi connectivity index (χ3v) is 5.01. The summed E-state index contributed by atoms with van der Waals surface area (Å²) in [5.41, 5.74) is 4.87. The van der Waals surface area contributed by atoms with E-state index in [1.807, 2.05) is 31.2 Å². The second-order valence-corrected chi connectivity index (χ2v) is 7.02. The van der Waals surface area contributed by atoms with E-state index >= 15 is 0 Å². The van der Waals surface area contributed by atoms with Crippen molar-refractivity contribution in [2.45, 2.75) is 12.1 Å². The highest BCUT2D eigenvalue weighted by Crippen LogP contribution is 2.19. The molecule has 9 heteroatoms. The summed E-state index contributed by atoms with van der Waals surface area (Å²) in [5, 5.41) is 9.02. The molecule has 0 unspecified atom stereocenters. The minimum absolute atomic E-state index is 0.0732. The number of carbonyl (C=O) groups excluding carboxylic acids is 1. The van der Waals surface area contributed by atoms with E-state index < -0.39 is 0 Å². The molecule has 0 atom stereocenters. The molecule has 0 bridgehead atoms. The van der Waals surface area contributed by atoms with Crippen LogP contribution in [0.5, 0.6) is 0 Å². The minimum atomic E-state index is -0.345. The molecule has 140 valence electrons. The fraction of sp³-hybridized carbons (Fsp3) is 0.105. The molecular formula is C19H16N6O2S. The predicted molar refractivity (Wildman–Crippen MR) is 107 cm³/mol. The van der Waals surface area contributed by atoms with Crippen molar-refractivity contribution in [2.24, 2.45) is 0 Å². The lowest BCUT2D eigenvalue weighted by atomic mass is 10.2. The van der Waals surface area contributed by atoms with E-state index in [2.05, 4.69) is 20.6 Å². The number of hydrogen-bond acceptors (Lipinski definition) is 6. The summed E-state index contributed by atoms with van der Waals surface area (Å²) in [7, 11) is 0. The monoisotopic (exact) mass is 392 g/mol. The van der Waals surface area contributed by atoms with Crippen molar-refractivity contribution in [1.82, 2.24) is 24.4 Å². The summed E-state index contributed by atoms with van der Waals surface area (Å²) in [6.45, 7) is 2.01. The molecule has 1 N–H and O–H groups in total. The van der Waals surface area contributed by atoms with E-state index in [0.717, 1.165) is 15.9 Å². The van der Waals surface area contributed by atoms with Gasteiger partial charge in [0.15, 0.2) is 5.16 Å². The molecule has 0 saturated carbocycles. The van der Waals surface area contributed by atoms with Crippen LogP contribution in [0, 0.1) is 6.92 Å². The molecule has 0 fully saturated rings. The first-order valence-electron chi connectivity index (χ1n) is 8.48. The molecule has 1 amide bonds. The van der Waals surface area contributed by atoms with Gasteiger partial charge in [-0.3, -0.25) is 19.6 Å². The maximum Gasteiger partial charge on any atom is 0.280 e. The average Bonchev–Trinajstić information content (AvgIpc) is 3.18. The molecule has 8 nitrogen and oxygen atoms in total. The van der Waals surface area contributed by atoms with Crippen LogP contribution >= 0.6 is 11.8 Å². The Bertz CT molecular complexity index is 1200. The molecule has 28 heavy (non-hydrogen) atoms. The standard InChI is InChI=1S/C19H16N6O2S/c1-13-6-8-14(9-7-13)24-12-21-22-19(24)28-10-17(26)23-25-11-20-16-5-3-2-4-15(16)18(25)27/h2-9,11-12H,10H2,1H3,(H,23,26). The summed E-state index contributed by atoms with van der Waals surface area (Å²) < 4.78 is 2.90. The minimum Gasteiger partial charge on any atom is -0.277 e. The summed E-state index contributed by atoms with van der Waals surface area (Å²) in [4.78, 5) is 28.9. The van der Waals surface area contributed by atoms with E-state index in [4.69, 9.17) is 0 Å². The molecule has 0 radical (unpaired) electrons. The number of thioether (sulfide) groups is 1. The van der Waals surface area contributed by atoms with Gasteiger partial charge < -0.3 is 0 Å². The van der Waals surface area contributed by atoms with E-state index in [-0.39, 0.29) is 17.2 Å². The first-order chi connectivity index (χ1) is 13.6. The summed E-state index contributed by atoms with van der Waals surface area (Å²) >= 11 is 1.23. The maximum atomic E-state index is 12.4. The topological polar surface area (TPSA) is 94.7 Å². The van der Waals surface area contributed by atoms with Gasteiger partial charge in [0.05, 0.1) is 16.7 Å². The van der Waals surface area contributed by atoms with Crippen LogP contribution in [0.2, 0.25) is 0 Å². The van der Waals surface area contributed by atoms with Gasteiger partial charge in [-0.15, -0.1) is 10.2 Å². The zero-order valence-electron chi connectivity index (χ0n) is 14.9. The second kappa shape index (κ2) is 7.65. The Labute approximate surface area is 164 Å². The van der Waals surface area contributed by atoms with Crippen LogP contribution in [0.25, 0.3) is 16.6 Å². The van der Waals surface area contributed by atoms with Crippen LogP contribution in [0.4, 0.5) is 0 Å². The lowest BCUT2D eigenvalue weighted by molar-refractivity contribution is -0.114. The third kappa shape index (κ3) is 3.65. The van der Waals surface area contributed by atoms with Crippen molar-refractivity contribution < 1.29 is 4.79 Å². The number of nitrogens with zero attached hydrogens (tertiary/aromatic N) is 5. The summed E-state index contributed by atoms with van der Waals surface area (Å²) in [6.07, 6.45) is 2.91. The molecule has 2 aromatic carbocycles. The number of amides is 1. The first-order valence-corrected chi connectivity index (χ1v) is 9.46. The molecular weight excluding hydrogens is 376 g/mol. The van der Waals surface area contributed by atoms with E-state index in [0.29, 0.717) is 16.1 Å². The highest BCUT2D eigenvalue weighted by Gasteiger charge is 2.11. The number of hydrogen-bond donors (Lipinski definition) is 1. The number of carbonyl (C=O) groups is 1. The zero-order chi connectivity index (χ0) is 19.5. The van der Waals surface area contributed by atoms with Crippen LogP contribution in [0.15, 0.2) is 71.1 Å². The van der Waals surface area contributed by atoms with E-state index in [9.17, 15) is 9.59 Å². The second-order valence-electron chi connectivity index (χ2n) is 6.08. The van der Waals surface area contributed by atoms with Gasteiger partial charge in [-0.05, 0) is 31.2 Å². The van der Waals surface area contributed by atoms with Gasteiger partial charge in [0.1, 0.15) is 12.7 Å². The fourth-order valence-electron chi connectivity index (χ4n) is 2.65. The lowest BCUT2D eigenvalue weighted by Crippen LogP contribution is -2.34. The third-order valence-electron chi connectivity index (χ3n) is 4.07. The van der Waals surface area contributed by atoms with Crippen molar-refractivity contribution in [1.29, 1.82) is 0 Å². The normalized spacial score (nSPS) is 10.9.